The van der Waals surface area contributed by atoms with Crippen LogP contribution in [-0.4, -0.2) is 81.5 Å². The number of hydrogen-bond donors (Lipinski definition) is 2. The van der Waals surface area contributed by atoms with Crippen molar-refractivity contribution in [1.29, 1.82) is 0 Å². The van der Waals surface area contributed by atoms with Crippen LogP contribution in [0.4, 0.5) is 22.9 Å². The van der Waals surface area contributed by atoms with E-state index in [4.69, 9.17) is 4.74 Å². The number of anilines is 4. The van der Waals surface area contributed by atoms with Gasteiger partial charge in [0.15, 0.2) is 0 Å². The number of pyridine rings is 2. The van der Waals surface area contributed by atoms with E-state index in [0.717, 1.165) is 62.5 Å². The highest BCUT2D eigenvalue weighted by molar-refractivity contribution is 6.07. The predicted octanol–water partition coefficient (Wildman–Crippen LogP) is 4.18. The number of aromatic nitrogens is 3. The maximum absolute atomic E-state index is 13.9. The number of piperazine rings is 1. The molecule has 1 aliphatic carbocycles. The first kappa shape index (κ1) is 31.8. The van der Waals surface area contributed by atoms with Gasteiger partial charge in [-0.3, -0.25) is 14.5 Å². The van der Waals surface area contributed by atoms with Gasteiger partial charge in [0, 0.05) is 68.8 Å². The first-order valence-corrected chi connectivity index (χ1v) is 17.4. The van der Waals surface area contributed by atoms with Crippen molar-refractivity contribution in [3.05, 3.63) is 87.7 Å². The SMILES string of the molecule is CC1CN(C2COC2)CCN1c1ccc(Nc2cc(-c3cccc(N4CCn5c(cc6c5CC(C)(C)C6)C4=O)c3CO)cn(C)c2=O)nc1. The summed E-state index contributed by atoms with van der Waals surface area (Å²) in [7, 11) is 1.72. The van der Waals surface area contributed by atoms with Crippen molar-refractivity contribution in [3.8, 4) is 11.1 Å². The van der Waals surface area contributed by atoms with Gasteiger partial charge in [-0.25, -0.2) is 4.98 Å². The number of aryl methyl sites for hydroxylation is 1. The third-order valence-corrected chi connectivity index (χ3v) is 10.9. The Hall–Kier alpha value is -4.45. The monoisotopic (exact) mass is 663 g/mol. The predicted molar refractivity (Wildman–Crippen MR) is 191 cm³/mol. The fourth-order valence-electron chi connectivity index (χ4n) is 8.26. The summed E-state index contributed by atoms with van der Waals surface area (Å²) in [5.41, 5.74) is 7.59. The molecule has 49 heavy (non-hydrogen) atoms. The van der Waals surface area contributed by atoms with Gasteiger partial charge in [0.25, 0.3) is 11.5 Å². The van der Waals surface area contributed by atoms with Crippen molar-refractivity contribution >= 4 is 28.8 Å². The lowest BCUT2D eigenvalue weighted by Gasteiger charge is -2.46. The summed E-state index contributed by atoms with van der Waals surface area (Å²) in [5.74, 6) is 0.524. The Morgan fingerprint density at radius 2 is 1.88 bits per heavy atom. The highest BCUT2D eigenvalue weighted by Crippen LogP contribution is 2.40. The quantitative estimate of drug-likeness (QED) is 0.304. The molecule has 11 nitrogen and oxygen atoms in total. The molecule has 1 aromatic carbocycles. The molecule has 0 bridgehead atoms. The molecule has 8 rings (SSSR count). The number of aliphatic hydroxyl groups excluding tert-OH is 1. The maximum atomic E-state index is 13.9. The summed E-state index contributed by atoms with van der Waals surface area (Å²) >= 11 is 0. The van der Waals surface area contributed by atoms with Crippen LogP contribution < -0.4 is 20.7 Å². The van der Waals surface area contributed by atoms with Crippen LogP contribution in [0.15, 0.2) is 59.7 Å². The molecule has 4 aliphatic rings. The number of ether oxygens (including phenoxy) is 1. The number of benzene rings is 1. The van der Waals surface area contributed by atoms with Gasteiger partial charge < -0.3 is 34.1 Å². The van der Waals surface area contributed by atoms with E-state index in [9.17, 15) is 14.7 Å². The first-order chi connectivity index (χ1) is 23.6. The molecule has 4 aromatic rings. The van der Waals surface area contributed by atoms with Gasteiger partial charge in [-0.05, 0) is 66.6 Å². The van der Waals surface area contributed by atoms with Crippen molar-refractivity contribution in [1.82, 2.24) is 19.0 Å². The number of fused-ring (bicyclic) bond motifs is 3. The highest BCUT2D eigenvalue weighted by Gasteiger charge is 2.37. The Morgan fingerprint density at radius 3 is 2.59 bits per heavy atom. The number of amides is 1. The van der Waals surface area contributed by atoms with E-state index >= 15 is 0 Å². The second-order valence-electron chi connectivity index (χ2n) is 14.9. The largest absolute Gasteiger partial charge is 0.392 e. The number of nitrogens with zero attached hydrogens (tertiary/aromatic N) is 6. The summed E-state index contributed by atoms with van der Waals surface area (Å²) in [6.45, 7) is 12.4. The number of rotatable bonds is 7. The van der Waals surface area contributed by atoms with E-state index in [1.807, 2.05) is 30.5 Å². The van der Waals surface area contributed by atoms with E-state index < -0.39 is 0 Å². The van der Waals surface area contributed by atoms with E-state index in [1.54, 1.807) is 24.2 Å². The molecule has 3 aromatic heterocycles. The molecule has 3 aliphatic heterocycles. The molecular formula is C38H45N7O4. The Kier molecular flexibility index (Phi) is 7.89. The van der Waals surface area contributed by atoms with E-state index in [-0.39, 0.29) is 23.5 Å². The van der Waals surface area contributed by atoms with Gasteiger partial charge in [0.2, 0.25) is 0 Å². The van der Waals surface area contributed by atoms with Crippen LogP contribution in [0.25, 0.3) is 11.1 Å². The van der Waals surface area contributed by atoms with Crippen molar-refractivity contribution in [2.75, 3.05) is 54.5 Å². The lowest BCUT2D eigenvalue weighted by molar-refractivity contribution is -0.0691. The Balaban J connectivity index is 1.04. The average molecular weight is 664 g/mol. The van der Waals surface area contributed by atoms with Crippen molar-refractivity contribution in [2.45, 2.75) is 58.8 Å². The summed E-state index contributed by atoms with van der Waals surface area (Å²) in [4.78, 5) is 38.6. The normalized spacial score (nSPS) is 20.7. The number of aliphatic hydroxyl groups is 1. The van der Waals surface area contributed by atoms with Crippen molar-refractivity contribution < 1.29 is 14.6 Å². The molecule has 2 fully saturated rings. The van der Waals surface area contributed by atoms with Crippen LogP contribution in [0.5, 0.6) is 0 Å². The minimum atomic E-state index is -0.253. The molecule has 0 saturated carbocycles. The molecule has 0 radical (unpaired) electrons. The molecule has 256 valence electrons. The zero-order chi connectivity index (χ0) is 34.0. The molecule has 0 spiro atoms. The van der Waals surface area contributed by atoms with Gasteiger partial charge in [-0.15, -0.1) is 0 Å². The fraction of sp³-hybridized carbons (Fsp3) is 0.447. The number of nitrogens with one attached hydrogen (secondary N) is 1. The molecule has 2 N–H and O–H groups in total. The molecule has 1 amide bonds. The second kappa shape index (κ2) is 12.2. The van der Waals surface area contributed by atoms with Gasteiger partial charge in [0.1, 0.15) is 17.2 Å². The first-order valence-electron chi connectivity index (χ1n) is 17.4. The van der Waals surface area contributed by atoms with E-state index in [0.29, 0.717) is 53.6 Å². The van der Waals surface area contributed by atoms with Crippen molar-refractivity contribution in [2.24, 2.45) is 12.5 Å². The maximum Gasteiger partial charge on any atom is 0.274 e. The van der Waals surface area contributed by atoms with Crippen LogP contribution in [0.2, 0.25) is 0 Å². The van der Waals surface area contributed by atoms with Gasteiger partial charge in [-0.2, -0.15) is 0 Å². The summed E-state index contributed by atoms with van der Waals surface area (Å²) in [6, 6.07) is 14.5. The van der Waals surface area contributed by atoms with Gasteiger partial charge >= 0.3 is 0 Å². The smallest absolute Gasteiger partial charge is 0.274 e. The zero-order valence-electron chi connectivity index (χ0n) is 28.8. The number of carbonyl (C=O) groups excluding carboxylic acids is 1. The highest BCUT2D eigenvalue weighted by atomic mass is 16.5. The molecule has 1 unspecified atom stereocenters. The van der Waals surface area contributed by atoms with Gasteiger partial charge in [-0.1, -0.05) is 26.0 Å². The Labute approximate surface area is 286 Å². The average Bonchev–Trinajstić information content (AvgIpc) is 3.55. The van der Waals surface area contributed by atoms with E-state index in [1.165, 1.54) is 15.8 Å². The number of carbonyl (C=O) groups is 1. The molecule has 11 heteroatoms. The third kappa shape index (κ3) is 5.63. The molecule has 1 atom stereocenters. The molecular weight excluding hydrogens is 618 g/mol. The van der Waals surface area contributed by atoms with E-state index in [2.05, 4.69) is 57.6 Å². The summed E-state index contributed by atoms with van der Waals surface area (Å²) in [5, 5.41) is 14.0. The minimum Gasteiger partial charge on any atom is -0.392 e. The number of hydrogen-bond acceptors (Lipinski definition) is 8. The lowest BCUT2D eigenvalue weighted by Crippen LogP contribution is -2.59. The van der Waals surface area contributed by atoms with Crippen LogP contribution in [0, 0.1) is 5.41 Å². The summed E-state index contributed by atoms with van der Waals surface area (Å²) < 4.78 is 9.13. The fourth-order valence-corrected chi connectivity index (χ4v) is 8.26. The zero-order valence-corrected chi connectivity index (χ0v) is 28.8. The summed E-state index contributed by atoms with van der Waals surface area (Å²) in [6.07, 6.45) is 5.59. The molecule has 2 saturated heterocycles. The minimum absolute atomic E-state index is 0.0492. The molecule has 6 heterocycles. The van der Waals surface area contributed by atoms with Gasteiger partial charge in [0.05, 0.1) is 43.4 Å². The topological polar surface area (TPSA) is 108 Å². The van der Waals surface area contributed by atoms with Crippen LogP contribution >= 0.6 is 0 Å². The van der Waals surface area contributed by atoms with Crippen molar-refractivity contribution in [3.63, 3.8) is 0 Å². The Bertz CT molecular complexity index is 1980. The van der Waals surface area contributed by atoms with Crippen LogP contribution in [-0.2, 0) is 37.8 Å². The van der Waals surface area contributed by atoms with Crippen LogP contribution in [0.3, 0.4) is 0 Å². The standard InChI is InChI=1S/C38H45N7O4/c1-24-19-42(28-22-49-23-28)10-11-43(24)27-8-9-35(39-18-27)40-31-14-26(20-41(4)36(31)47)29-6-5-7-32(30(29)21-46)45-13-12-44-33(37(45)48)15-25-16-38(2,3)17-34(25)44/h5-9,14-15,18,20,24,28,46H,10-13,16-17,19,21-23H2,1-4H3,(H,39,40). The van der Waals surface area contributed by atoms with Crippen LogP contribution in [0.1, 0.15) is 48.1 Å². The second-order valence-corrected chi connectivity index (χ2v) is 14.9. The lowest BCUT2D eigenvalue weighted by atomic mass is 9.90. The third-order valence-electron chi connectivity index (χ3n) is 10.9. The Morgan fingerprint density at radius 1 is 1.04 bits per heavy atom.